The summed E-state index contributed by atoms with van der Waals surface area (Å²) in [6.45, 7) is 10.9. The van der Waals surface area contributed by atoms with Crippen LogP contribution >= 0.6 is 0 Å². The SMILES string of the molecule is CCCN1CCC(NC(=O)CCC(=O)OC(C)(C)C)CC1. The fraction of sp³-hybridized carbons (Fsp3) is 0.875. The van der Waals surface area contributed by atoms with Gasteiger partial charge in [0.25, 0.3) is 0 Å². The lowest BCUT2D eigenvalue weighted by Gasteiger charge is -2.32. The van der Waals surface area contributed by atoms with E-state index >= 15 is 0 Å². The first-order valence-electron chi connectivity index (χ1n) is 8.03. The first kappa shape index (κ1) is 18.0. The lowest BCUT2D eigenvalue weighted by Crippen LogP contribution is -2.44. The van der Waals surface area contributed by atoms with Gasteiger partial charge in [-0.2, -0.15) is 0 Å². The molecule has 1 heterocycles. The van der Waals surface area contributed by atoms with E-state index in [1.165, 1.54) is 6.42 Å². The molecule has 0 unspecified atom stereocenters. The molecule has 0 aromatic rings. The summed E-state index contributed by atoms with van der Waals surface area (Å²) in [6, 6.07) is 0.254. The molecule has 0 aromatic heterocycles. The second-order valence-electron chi connectivity index (χ2n) is 6.77. The average molecular weight is 298 g/mol. The van der Waals surface area contributed by atoms with Crippen molar-refractivity contribution in [3.63, 3.8) is 0 Å². The summed E-state index contributed by atoms with van der Waals surface area (Å²) in [4.78, 5) is 25.9. The third-order valence-electron chi connectivity index (χ3n) is 3.47. The van der Waals surface area contributed by atoms with Crippen LogP contribution in [0.1, 0.15) is 59.8 Å². The number of rotatable bonds is 6. The minimum absolute atomic E-state index is 0.0465. The highest BCUT2D eigenvalue weighted by molar-refractivity contribution is 5.81. The van der Waals surface area contributed by atoms with E-state index in [9.17, 15) is 9.59 Å². The van der Waals surface area contributed by atoms with Crippen molar-refractivity contribution in [2.75, 3.05) is 19.6 Å². The van der Waals surface area contributed by atoms with Crippen LogP contribution in [0, 0.1) is 0 Å². The van der Waals surface area contributed by atoms with Crippen molar-refractivity contribution in [1.29, 1.82) is 0 Å². The van der Waals surface area contributed by atoms with Crippen molar-refractivity contribution in [1.82, 2.24) is 10.2 Å². The standard InChI is InChI=1S/C16H30N2O3/c1-5-10-18-11-8-13(9-12-18)17-14(19)6-7-15(20)21-16(2,3)4/h13H,5-12H2,1-4H3,(H,17,19). The van der Waals surface area contributed by atoms with Crippen LogP contribution in [-0.4, -0.2) is 48.1 Å². The molecule has 1 aliphatic heterocycles. The van der Waals surface area contributed by atoms with E-state index in [1.54, 1.807) is 0 Å². The first-order valence-corrected chi connectivity index (χ1v) is 8.03. The summed E-state index contributed by atoms with van der Waals surface area (Å²) < 4.78 is 5.19. The number of amides is 1. The van der Waals surface area contributed by atoms with E-state index < -0.39 is 5.60 Å². The van der Waals surface area contributed by atoms with Gasteiger partial charge in [-0.15, -0.1) is 0 Å². The molecule has 1 rings (SSSR count). The van der Waals surface area contributed by atoms with Crippen LogP contribution in [0.3, 0.4) is 0 Å². The zero-order valence-electron chi connectivity index (χ0n) is 13.9. The number of nitrogens with zero attached hydrogens (tertiary/aromatic N) is 1. The van der Waals surface area contributed by atoms with Crippen molar-refractivity contribution in [2.24, 2.45) is 0 Å². The van der Waals surface area contributed by atoms with Gasteiger partial charge in [0.2, 0.25) is 5.91 Å². The fourth-order valence-corrected chi connectivity index (χ4v) is 2.53. The maximum atomic E-state index is 11.9. The van der Waals surface area contributed by atoms with Crippen molar-refractivity contribution < 1.29 is 14.3 Å². The third kappa shape index (κ3) is 8.05. The third-order valence-corrected chi connectivity index (χ3v) is 3.47. The van der Waals surface area contributed by atoms with Gasteiger partial charge in [0.05, 0.1) is 6.42 Å². The van der Waals surface area contributed by atoms with Gasteiger partial charge in [0, 0.05) is 25.6 Å². The van der Waals surface area contributed by atoms with Crippen LogP contribution in [0.2, 0.25) is 0 Å². The molecule has 1 N–H and O–H groups in total. The summed E-state index contributed by atoms with van der Waals surface area (Å²) in [5, 5.41) is 3.03. The molecule has 0 aliphatic carbocycles. The Hall–Kier alpha value is -1.10. The van der Waals surface area contributed by atoms with Gasteiger partial charge in [0.15, 0.2) is 0 Å². The van der Waals surface area contributed by atoms with Gasteiger partial charge in [-0.1, -0.05) is 6.92 Å². The molecule has 0 bridgehead atoms. The zero-order chi connectivity index (χ0) is 15.9. The molecule has 0 saturated carbocycles. The van der Waals surface area contributed by atoms with Crippen LogP contribution in [0.4, 0.5) is 0 Å². The monoisotopic (exact) mass is 298 g/mol. The highest BCUT2D eigenvalue weighted by atomic mass is 16.6. The second-order valence-corrected chi connectivity index (χ2v) is 6.77. The smallest absolute Gasteiger partial charge is 0.306 e. The molecule has 1 saturated heterocycles. The molecular formula is C16H30N2O3. The average Bonchev–Trinajstić information content (AvgIpc) is 2.37. The normalized spacial score (nSPS) is 17.5. The Bertz CT molecular complexity index is 342. The molecular weight excluding hydrogens is 268 g/mol. The quantitative estimate of drug-likeness (QED) is 0.763. The molecule has 0 radical (unpaired) electrons. The van der Waals surface area contributed by atoms with E-state index in [2.05, 4.69) is 17.1 Å². The predicted octanol–water partition coefficient (Wildman–Crippen LogP) is 2.10. The number of carbonyl (C=O) groups is 2. The summed E-state index contributed by atoms with van der Waals surface area (Å²) in [7, 11) is 0. The highest BCUT2D eigenvalue weighted by Gasteiger charge is 2.21. The predicted molar refractivity (Wildman–Crippen MR) is 83.0 cm³/mol. The molecule has 0 aromatic carbocycles. The van der Waals surface area contributed by atoms with Gasteiger partial charge in [-0.25, -0.2) is 0 Å². The Balaban J connectivity index is 2.18. The van der Waals surface area contributed by atoms with E-state index in [0.717, 1.165) is 32.5 Å². The van der Waals surface area contributed by atoms with Crippen LogP contribution in [0.25, 0.3) is 0 Å². The number of hydrogen-bond acceptors (Lipinski definition) is 4. The molecule has 5 nitrogen and oxygen atoms in total. The maximum Gasteiger partial charge on any atom is 0.306 e. The second kappa shape index (κ2) is 8.37. The minimum Gasteiger partial charge on any atom is -0.460 e. The van der Waals surface area contributed by atoms with Gasteiger partial charge in [0.1, 0.15) is 5.60 Å². The van der Waals surface area contributed by atoms with Crippen molar-refractivity contribution in [3.05, 3.63) is 0 Å². The zero-order valence-corrected chi connectivity index (χ0v) is 13.9. The molecule has 5 heteroatoms. The highest BCUT2D eigenvalue weighted by Crippen LogP contribution is 2.12. The molecule has 21 heavy (non-hydrogen) atoms. The van der Waals surface area contributed by atoms with E-state index in [-0.39, 0.29) is 30.8 Å². The van der Waals surface area contributed by atoms with Crippen LogP contribution < -0.4 is 5.32 Å². The Morgan fingerprint density at radius 2 is 1.81 bits per heavy atom. The molecule has 1 fully saturated rings. The number of hydrogen-bond donors (Lipinski definition) is 1. The lowest BCUT2D eigenvalue weighted by molar-refractivity contribution is -0.155. The summed E-state index contributed by atoms with van der Waals surface area (Å²) in [5.41, 5.74) is -0.486. The van der Waals surface area contributed by atoms with Crippen molar-refractivity contribution in [2.45, 2.75) is 71.4 Å². The van der Waals surface area contributed by atoms with Crippen LogP contribution in [-0.2, 0) is 14.3 Å². The topological polar surface area (TPSA) is 58.6 Å². The molecule has 0 spiro atoms. The number of nitrogens with one attached hydrogen (secondary N) is 1. The van der Waals surface area contributed by atoms with Gasteiger partial charge < -0.3 is 15.0 Å². The largest absolute Gasteiger partial charge is 0.460 e. The van der Waals surface area contributed by atoms with Crippen LogP contribution in [0.15, 0.2) is 0 Å². The first-order chi connectivity index (χ1) is 9.80. The number of carbonyl (C=O) groups excluding carboxylic acids is 2. The number of likely N-dealkylation sites (tertiary alicyclic amines) is 1. The Labute approximate surface area is 128 Å². The van der Waals surface area contributed by atoms with Crippen molar-refractivity contribution in [3.8, 4) is 0 Å². The summed E-state index contributed by atoms with van der Waals surface area (Å²) >= 11 is 0. The fourth-order valence-electron chi connectivity index (χ4n) is 2.53. The molecule has 122 valence electrons. The Morgan fingerprint density at radius 1 is 1.19 bits per heavy atom. The van der Waals surface area contributed by atoms with Gasteiger partial charge >= 0.3 is 5.97 Å². The number of ether oxygens (including phenoxy) is 1. The van der Waals surface area contributed by atoms with Crippen LogP contribution in [0.5, 0.6) is 0 Å². The lowest BCUT2D eigenvalue weighted by atomic mass is 10.0. The Morgan fingerprint density at radius 3 is 2.33 bits per heavy atom. The maximum absolute atomic E-state index is 11.9. The Kier molecular flexibility index (Phi) is 7.15. The molecule has 0 atom stereocenters. The molecule has 1 amide bonds. The summed E-state index contributed by atoms with van der Waals surface area (Å²) in [5.74, 6) is -0.356. The minimum atomic E-state index is -0.486. The van der Waals surface area contributed by atoms with E-state index in [1.807, 2.05) is 20.8 Å². The number of esters is 1. The van der Waals surface area contributed by atoms with Crippen molar-refractivity contribution >= 4 is 11.9 Å². The van der Waals surface area contributed by atoms with Gasteiger partial charge in [-0.3, -0.25) is 9.59 Å². The van der Waals surface area contributed by atoms with E-state index in [0.29, 0.717) is 0 Å². The number of piperidine rings is 1. The summed E-state index contributed by atoms with van der Waals surface area (Å²) in [6.07, 6.45) is 3.53. The van der Waals surface area contributed by atoms with Gasteiger partial charge in [-0.05, 0) is 46.6 Å². The van der Waals surface area contributed by atoms with E-state index in [4.69, 9.17) is 4.74 Å². The molecule has 1 aliphatic rings.